The predicted octanol–water partition coefficient (Wildman–Crippen LogP) is 2.01. The smallest absolute Gasteiger partial charge is 0.407 e. The number of aliphatic hydroxyl groups excluding tert-OH is 2. The molecule has 2 unspecified atom stereocenters. The molecule has 6 nitrogen and oxygen atoms in total. The van der Waals surface area contributed by atoms with Crippen molar-refractivity contribution >= 4 is 6.09 Å². The summed E-state index contributed by atoms with van der Waals surface area (Å²) in [5, 5.41) is 31.2. The Hall–Kier alpha value is -2.17. The number of carbonyl (C=O) groups excluding carboxylic acids is 1. The summed E-state index contributed by atoms with van der Waals surface area (Å²) in [5.41, 5.74) is -0.471. The van der Waals surface area contributed by atoms with E-state index in [0.29, 0.717) is 0 Å². The molecule has 1 aromatic rings. The Labute approximate surface area is 134 Å². The zero-order valence-electron chi connectivity index (χ0n) is 13.3. The molecule has 0 aliphatic carbocycles. The van der Waals surface area contributed by atoms with Gasteiger partial charge < -0.3 is 20.3 Å². The summed E-state index contributed by atoms with van der Waals surface area (Å²) >= 11 is 0. The quantitative estimate of drug-likeness (QED) is 0.769. The number of alkyl carbamates (subject to hydrolysis) is 1. The number of nitrogens with one attached hydrogen (secondary N) is 1. The number of halogens is 1. The number of rotatable bonds is 5. The molecular weight excluding hydrogens is 303 g/mol. The minimum absolute atomic E-state index is 0.0405. The normalized spacial score (nSPS) is 13.8. The second-order valence-corrected chi connectivity index (χ2v) is 6.11. The van der Waals surface area contributed by atoms with Crippen LogP contribution >= 0.6 is 0 Å². The average molecular weight is 324 g/mol. The number of ether oxygens (including phenoxy) is 1. The first-order valence-electron chi connectivity index (χ1n) is 7.16. The maximum absolute atomic E-state index is 13.3. The molecule has 3 N–H and O–H groups in total. The Morgan fingerprint density at radius 2 is 2.04 bits per heavy atom. The second kappa shape index (κ2) is 7.90. The van der Waals surface area contributed by atoms with Gasteiger partial charge in [0.15, 0.2) is 0 Å². The molecule has 0 bridgehead atoms. The zero-order valence-corrected chi connectivity index (χ0v) is 13.3. The van der Waals surface area contributed by atoms with Crippen molar-refractivity contribution in [2.24, 2.45) is 0 Å². The highest BCUT2D eigenvalue weighted by Gasteiger charge is 2.21. The summed E-state index contributed by atoms with van der Waals surface area (Å²) in [6, 6.07) is 5.17. The molecule has 23 heavy (non-hydrogen) atoms. The first-order valence-corrected chi connectivity index (χ1v) is 7.16. The van der Waals surface area contributed by atoms with E-state index in [1.165, 1.54) is 6.07 Å². The standard InChI is InChI=1S/C16H21FN2O4/c1-16(2,3)23-15(22)19-5-4-13(20)14(21)11-6-10(9-18)7-12(17)8-11/h6-8,13-14,20-21H,4-5H2,1-3H3,(H,19,22). The molecular formula is C16H21FN2O4. The van der Waals surface area contributed by atoms with Crippen molar-refractivity contribution in [2.75, 3.05) is 6.54 Å². The molecule has 126 valence electrons. The lowest BCUT2D eigenvalue weighted by molar-refractivity contribution is 0.0121. The summed E-state index contributed by atoms with van der Waals surface area (Å²) < 4.78 is 18.4. The van der Waals surface area contributed by atoms with Crippen LogP contribution < -0.4 is 5.32 Å². The van der Waals surface area contributed by atoms with Gasteiger partial charge in [-0.25, -0.2) is 9.18 Å². The van der Waals surface area contributed by atoms with E-state index >= 15 is 0 Å². The number of carbonyl (C=O) groups is 1. The van der Waals surface area contributed by atoms with Gasteiger partial charge in [-0.1, -0.05) is 0 Å². The molecule has 2 atom stereocenters. The number of benzene rings is 1. The molecule has 0 heterocycles. The van der Waals surface area contributed by atoms with Crippen LogP contribution in [0.15, 0.2) is 18.2 Å². The van der Waals surface area contributed by atoms with Crippen molar-refractivity contribution in [1.29, 1.82) is 5.26 Å². The van der Waals surface area contributed by atoms with E-state index in [-0.39, 0.29) is 24.1 Å². The van der Waals surface area contributed by atoms with E-state index < -0.39 is 29.7 Å². The lowest BCUT2D eigenvalue weighted by Crippen LogP contribution is -2.34. The SMILES string of the molecule is CC(C)(C)OC(=O)NCCC(O)C(O)c1cc(F)cc(C#N)c1. The Kier molecular flexibility index (Phi) is 6.49. The molecule has 1 amide bonds. The van der Waals surface area contributed by atoms with Crippen LogP contribution in [0.4, 0.5) is 9.18 Å². The van der Waals surface area contributed by atoms with Gasteiger partial charge in [-0.05, 0) is 51.0 Å². The van der Waals surface area contributed by atoms with Gasteiger partial charge in [0.25, 0.3) is 0 Å². The lowest BCUT2D eigenvalue weighted by Gasteiger charge is -2.21. The van der Waals surface area contributed by atoms with Crippen LogP contribution in [0.25, 0.3) is 0 Å². The molecule has 0 aromatic heterocycles. The van der Waals surface area contributed by atoms with Crippen molar-refractivity contribution in [3.8, 4) is 6.07 Å². The number of nitriles is 1. The summed E-state index contributed by atoms with van der Waals surface area (Å²) in [6.07, 6.45) is -3.17. The van der Waals surface area contributed by atoms with Crippen LogP contribution in [0.3, 0.4) is 0 Å². The third-order valence-electron chi connectivity index (χ3n) is 2.86. The minimum atomic E-state index is -1.36. The first kappa shape index (κ1) is 18.9. The maximum atomic E-state index is 13.3. The molecule has 0 spiro atoms. The summed E-state index contributed by atoms with van der Waals surface area (Å²) in [5.74, 6) is -0.669. The lowest BCUT2D eigenvalue weighted by atomic mass is 10.00. The maximum Gasteiger partial charge on any atom is 0.407 e. The van der Waals surface area contributed by atoms with Gasteiger partial charge in [0.1, 0.15) is 17.5 Å². The van der Waals surface area contributed by atoms with Crippen molar-refractivity contribution in [2.45, 2.75) is 45.0 Å². The highest BCUT2D eigenvalue weighted by Crippen LogP contribution is 2.21. The number of hydrogen-bond acceptors (Lipinski definition) is 5. The van der Waals surface area contributed by atoms with Crippen molar-refractivity contribution < 1.29 is 24.1 Å². The Morgan fingerprint density at radius 3 is 2.61 bits per heavy atom. The van der Waals surface area contributed by atoms with Crippen LogP contribution in [0.1, 0.15) is 44.4 Å². The van der Waals surface area contributed by atoms with Gasteiger partial charge in [0.05, 0.1) is 17.7 Å². The molecule has 0 fully saturated rings. The van der Waals surface area contributed by atoms with Crippen LogP contribution in [-0.2, 0) is 4.74 Å². The van der Waals surface area contributed by atoms with Gasteiger partial charge in [-0.3, -0.25) is 0 Å². The largest absolute Gasteiger partial charge is 0.444 e. The second-order valence-electron chi connectivity index (χ2n) is 6.11. The van der Waals surface area contributed by atoms with Gasteiger partial charge in [-0.15, -0.1) is 0 Å². The molecule has 7 heteroatoms. The summed E-state index contributed by atoms with van der Waals surface area (Å²) in [4.78, 5) is 11.4. The summed E-state index contributed by atoms with van der Waals surface area (Å²) in [7, 11) is 0. The molecule has 0 saturated carbocycles. The number of amides is 1. The van der Waals surface area contributed by atoms with E-state index in [4.69, 9.17) is 10.00 Å². The first-order chi connectivity index (χ1) is 10.6. The molecule has 0 aliphatic rings. The van der Waals surface area contributed by atoms with Crippen LogP contribution in [0.5, 0.6) is 0 Å². The Balaban J connectivity index is 2.55. The molecule has 1 rings (SSSR count). The number of nitrogens with zero attached hydrogens (tertiary/aromatic N) is 1. The molecule has 0 radical (unpaired) electrons. The number of aliphatic hydroxyl groups is 2. The fraction of sp³-hybridized carbons (Fsp3) is 0.500. The van der Waals surface area contributed by atoms with Crippen LogP contribution in [0.2, 0.25) is 0 Å². The fourth-order valence-corrected chi connectivity index (χ4v) is 1.86. The Morgan fingerprint density at radius 1 is 1.39 bits per heavy atom. The third-order valence-corrected chi connectivity index (χ3v) is 2.86. The van der Waals surface area contributed by atoms with E-state index in [2.05, 4.69) is 5.32 Å². The van der Waals surface area contributed by atoms with E-state index in [0.717, 1.165) is 12.1 Å². The van der Waals surface area contributed by atoms with Crippen molar-refractivity contribution in [3.05, 3.63) is 35.1 Å². The van der Waals surface area contributed by atoms with E-state index in [9.17, 15) is 19.4 Å². The zero-order chi connectivity index (χ0) is 17.6. The van der Waals surface area contributed by atoms with Gasteiger partial charge in [0.2, 0.25) is 0 Å². The molecule has 0 aliphatic heterocycles. The minimum Gasteiger partial charge on any atom is -0.444 e. The molecule has 1 aromatic carbocycles. The van der Waals surface area contributed by atoms with Gasteiger partial charge >= 0.3 is 6.09 Å². The fourth-order valence-electron chi connectivity index (χ4n) is 1.86. The van der Waals surface area contributed by atoms with E-state index in [1.54, 1.807) is 26.8 Å². The highest BCUT2D eigenvalue weighted by atomic mass is 19.1. The van der Waals surface area contributed by atoms with Gasteiger partial charge in [0, 0.05) is 6.54 Å². The van der Waals surface area contributed by atoms with Crippen LogP contribution in [0, 0.1) is 17.1 Å². The summed E-state index contributed by atoms with van der Waals surface area (Å²) in [6.45, 7) is 5.25. The van der Waals surface area contributed by atoms with E-state index in [1.807, 2.05) is 0 Å². The average Bonchev–Trinajstić information content (AvgIpc) is 2.43. The van der Waals surface area contributed by atoms with Crippen molar-refractivity contribution in [3.63, 3.8) is 0 Å². The number of hydrogen-bond donors (Lipinski definition) is 3. The Bertz CT molecular complexity index is 593. The predicted molar refractivity (Wildman–Crippen MR) is 80.9 cm³/mol. The van der Waals surface area contributed by atoms with Gasteiger partial charge in [-0.2, -0.15) is 5.26 Å². The van der Waals surface area contributed by atoms with Crippen LogP contribution in [-0.4, -0.2) is 34.6 Å². The molecule has 0 saturated heterocycles. The monoisotopic (exact) mass is 324 g/mol. The topological polar surface area (TPSA) is 103 Å². The highest BCUT2D eigenvalue weighted by molar-refractivity contribution is 5.67. The van der Waals surface area contributed by atoms with Crippen molar-refractivity contribution in [1.82, 2.24) is 5.32 Å². The third kappa shape index (κ3) is 6.63.